The third kappa shape index (κ3) is 55.6. The van der Waals surface area contributed by atoms with Gasteiger partial charge in [-0.05, 0) is 128 Å². The first-order valence-electron chi connectivity index (χ1n) is 49.5. The first-order chi connectivity index (χ1) is 66.1. The van der Waals surface area contributed by atoms with Crippen molar-refractivity contribution >= 4 is 107 Å². The minimum Gasteiger partial charge on any atom is -0.465 e. The van der Waals surface area contributed by atoms with Crippen LogP contribution in [0, 0.1) is 117 Å². The average Bonchev–Trinajstić information content (AvgIpc) is 0.852. The molecule has 19 unspecified atom stereocenters. The van der Waals surface area contributed by atoms with Gasteiger partial charge in [-0.15, -0.1) is 0 Å². The molecule has 40 heteroatoms. The molecule has 4 N–H and O–H groups in total. The van der Waals surface area contributed by atoms with Crippen molar-refractivity contribution in [2.75, 3.05) is 145 Å². The highest BCUT2D eigenvalue weighted by molar-refractivity contribution is 5.80. The van der Waals surface area contributed by atoms with Gasteiger partial charge < -0.3 is 106 Å². The molecule has 0 radical (unpaired) electrons. The van der Waals surface area contributed by atoms with Crippen molar-refractivity contribution in [1.82, 2.24) is 0 Å². The molecule has 0 heterocycles. The maximum atomic E-state index is 13.8. The van der Waals surface area contributed by atoms with Crippen LogP contribution in [0.4, 0.5) is 0 Å². The minimum atomic E-state index is -1.31. The van der Waals surface area contributed by atoms with Crippen LogP contribution in [0.1, 0.15) is 267 Å². The van der Waals surface area contributed by atoms with Gasteiger partial charge in [-0.2, -0.15) is 0 Å². The first kappa shape index (κ1) is 130. The normalized spacial score (nSPS) is 16.0. The fourth-order valence-electron chi connectivity index (χ4n) is 13.1. The van der Waals surface area contributed by atoms with Crippen molar-refractivity contribution in [1.29, 1.82) is 0 Å². The van der Waals surface area contributed by atoms with E-state index >= 15 is 0 Å². The largest absolute Gasteiger partial charge is 0.465 e. The predicted octanol–water partition coefficient (Wildman–Crippen LogP) is 10.00. The molecule has 19 atom stereocenters. The van der Waals surface area contributed by atoms with Crippen LogP contribution >= 0.6 is 0 Å². The number of hydrogen-bond acceptors (Lipinski definition) is 40. The van der Waals surface area contributed by atoms with E-state index in [4.69, 9.17) is 106 Å². The smallest absolute Gasteiger partial charge is 0.308 e. The SMILES string of the molecule is CCC(COC(=O)C(C)CCC(C)C(=O)OCCO)(COC(=O)C(C)CCC(C)C(=O)OCCOC(=O)C(C)CCC(C)C(=O)OCCO)COC(=O)C(C)CCC(C)C(=O)OCCOC(=O)C(C)CCC(C)C(=O)OCC(CC)(COC(=O)C(C)CCC(C)C(=O)OCCOC(=O)C(C)CCC(C)C(=O)OCCO)COC(=O)C(C)CCC(C)C(=O)OCCOC(=O)C(C)CCC(C)C(=O)OCCO. The molecule has 0 aliphatic rings. The molecular weight excluding hydrogens is 1840 g/mol. The fourth-order valence-corrected chi connectivity index (χ4v) is 13.1. The van der Waals surface area contributed by atoms with Gasteiger partial charge in [0.2, 0.25) is 0 Å². The van der Waals surface area contributed by atoms with Gasteiger partial charge in [0.15, 0.2) is 0 Å². The van der Waals surface area contributed by atoms with Crippen LogP contribution in [0.3, 0.4) is 0 Å². The number of carbonyl (C=O) groups is 18. The fraction of sp³-hybridized carbons (Fsp3) is 0.820. The average molecular weight is 2010 g/mol. The van der Waals surface area contributed by atoms with Crippen LogP contribution in [0.25, 0.3) is 0 Å². The topological polar surface area (TPSA) is 554 Å². The van der Waals surface area contributed by atoms with E-state index in [-0.39, 0.29) is 215 Å². The zero-order chi connectivity index (χ0) is 106. The molecule has 0 aromatic heterocycles. The molecule has 140 heavy (non-hydrogen) atoms. The number of carbonyl (C=O) groups excluding carboxylic acids is 18. The van der Waals surface area contributed by atoms with E-state index < -0.39 is 245 Å². The van der Waals surface area contributed by atoms with Crippen LogP contribution in [0.15, 0.2) is 0 Å². The summed E-state index contributed by atoms with van der Waals surface area (Å²) in [6.45, 7) is 26.3. The second-order valence-electron chi connectivity index (χ2n) is 37.7. The Bertz CT molecular complexity index is 3630. The predicted molar refractivity (Wildman–Crippen MR) is 499 cm³/mol. The number of ether oxygens (including phenoxy) is 18. The van der Waals surface area contributed by atoms with E-state index in [9.17, 15) is 86.3 Å². The lowest BCUT2D eigenvalue weighted by Gasteiger charge is -2.32. The van der Waals surface area contributed by atoms with Gasteiger partial charge in [0, 0.05) is 0 Å². The summed E-state index contributed by atoms with van der Waals surface area (Å²) in [5.74, 6) is -22.8. The van der Waals surface area contributed by atoms with Gasteiger partial charge in [0.05, 0.1) is 144 Å². The monoisotopic (exact) mass is 2010 g/mol. The third-order valence-electron chi connectivity index (χ3n) is 24.8. The molecule has 0 aliphatic heterocycles. The molecule has 0 fully saturated rings. The Kier molecular flexibility index (Phi) is 68.3. The number of esters is 18. The highest BCUT2D eigenvalue weighted by Gasteiger charge is 2.40. The van der Waals surface area contributed by atoms with E-state index in [1.54, 1.807) is 138 Å². The molecule has 0 saturated heterocycles. The Hall–Kier alpha value is -9.70. The lowest BCUT2D eigenvalue weighted by atomic mass is 9.87. The van der Waals surface area contributed by atoms with Crippen molar-refractivity contribution in [3.8, 4) is 0 Å². The zero-order valence-electron chi connectivity index (χ0n) is 86.6. The molecule has 0 spiro atoms. The standard InChI is InChI=1S/C100H166O40/c1-21-99(57-135-93(117)75(15)35-29-66(6)84(108)126-48-44-104,58-136-94(118)76(16)36-30-70(10)88(112)130-52-49-127-85(109)67(7)26-23-63(3)81(105)123-45-41-101)59-137-95(119)77(17)39-33-73(13)91(115)133-55-56-134-92(116)74(14)34-40-80(20)98(122)140-62-100(22-2,60-138-96(120)78(18)37-31-71(11)89(113)131-53-50-128-86(110)68(8)27-24-64(4)82(106)124-46-42-102)61-139-97(121)79(19)38-32-72(12)90(114)132-54-51-129-87(111)69(9)28-25-65(5)83(107)125-47-43-103/h63-80,101-104H,21-62H2,1-20H3. The van der Waals surface area contributed by atoms with Crippen molar-refractivity contribution in [3.63, 3.8) is 0 Å². The molecule has 0 bridgehead atoms. The summed E-state index contributed by atoms with van der Waals surface area (Å²) in [6.07, 6.45) is 4.44. The third-order valence-corrected chi connectivity index (χ3v) is 24.8. The van der Waals surface area contributed by atoms with E-state index in [2.05, 4.69) is 0 Å². The number of rotatable bonds is 79. The summed E-state index contributed by atoms with van der Waals surface area (Å²) in [7, 11) is 0. The Morgan fingerprint density at radius 2 is 0.229 bits per heavy atom. The molecule has 0 aromatic rings. The number of aliphatic hydroxyl groups excluding tert-OH is 4. The Morgan fingerprint density at radius 3 is 0.307 bits per heavy atom. The quantitative estimate of drug-likeness (QED) is 0.0250. The second kappa shape index (κ2) is 73.4. The number of aliphatic hydroxyl groups is 4. The van der Waals surface area contributed by atoms with Crippen LogP contribution in [0.2, 0.25) is 0 Å². The molecule has 0 aromatic carbocycles. The van der Waals surface area contributed by atoms with E-state index in [0.717, 1.165) is 0 Å². The van der Waals surface area contributed by atoms with Gasteiger partial charge in [-0.1, -0.05) is 138 Å². The van der Waals surface area contributed by atoms with Crippen molar-refractivity contribution < 1.29 is 192 Å². The van der Waals surface area contributed by atoms with Crippen LogP contribution in [-0.2, 0) is 172 Å². The summed E-state index contributed by atoms with van der Waals surface area (Å²) in [6, 6.07) is 0. The first-order valence-corrected chi connectivity index (χ1v) is 49.5. The van der Waals surface area contributed by atoms with E-state index in [1.165, 1.54) is 0 Å². The molecule has 40 nitrogen and oxygen atoms in total. The van der Waals surface area contributed by atoms with Crippen molar-refractivity contribution in [3.05, 3.63) is 0 Å². The molecule has 0 aliphatic carbocycles. The molecule has 0 saturated carbocycles. The van der Waals surface area contributed by atoms with Crippen LogP contribution in [-0.4, -0.2) is 273 Å². The molecule has 806 valence electrons. The van der Waals surface area contributed by atoms with Gasteiger partial charge in [0.1, 0.15) is 119 Å². The van der Waals surface area contributed by atoms with Gasteiger partial charge in [-0.25, -0.2) is 0 Å². The minimum absolute atomic E-state index is 0.124. The molecular formula is C100H166O40. The van der Waals surface area contributed by atoms with Crippen LogP contribution in [0.5, 0.6) is 0 Å². The Balaban J connectivity index is 6.01. The Labute approximate surface area is 825 Å². The Morgan fingerprint density at radius 1 is 0.150 bits per heavy atom. The summed E-state index contributed by atoms with van der Waals surface area (Å²) >= 11 is 0. The van der Waals surface area contributed by atoms with E-state index in [1.807, 2.05) is 0 Å². The summed E-state index contributed by atoms with van der Waals surface area (Å²) in [5.41, 5.74) is -2.58. The summed E-state index contributed by atoms with van der Waals surface area (Å²) in [5, 5.41) is 35.8. The highest BCUT2D eigenvalue weighted by atomic mass is 16.6. The molecule has 0 rings (SSSR count). The maximum absolute atomic E-state index is 13.8. The van der Waals surface area contributed by atoms with E-state index in [0.29, 0.717) is 38.5 Å². The summed E-state index contributed by atoms with van der Waals surface area (Å²) < 4.78 is 97.6. The van der Waals surface area contributed by atoms with Gasteiger partial charge >= 0.3 is 107 Å². The van der Waals surface area contributed by atoms with Gasteiger partial charge in [-0.3, -0.25) is 86.3 Å². The van der Waals surface area contributed by atoms with Crippen LogP contribution < -0.4 is 0 Å². The maximum Gasteiger partial charge on any atom is 0.308 e. The number of hydrogen-bond donors (Lipinski definition) is 4. The van der Waals surface area contributed by atoms with Gasteiger partial charge in [0.25, 0.3) is 0 Å². The van der Waals surface area contributed by atoms with Crippen molar-refractivity contribution in [2.45, 2.75) is 267 Å². The van der Waals surface area contributed by atoms with Crippen molar-refractivity contribution in [2.24, 2.45) is 117 Å². The molecule has 0 amide bonds. The summed E-state index contributed by atoms with van der Waals surface area (Å²) in [4.78, 5) is 234. The highest BCUT2D eigenvalue weighted by Crippen LogP contribution is 2.32. The lowest BCUT2D eigenvalue weighted by Crippen LogP contribution is -2.40. The lowest BCUT2D eigenvalue weighted by molar-refractivity contribution is -0.169. The zero-order valence-corrected chi connectivity index (χ0v) is 86.6. The second-order valence-corrected chi connectivity index (χ2v) is 37.7.